The van der Waals surface area contributed by atoms with E-state index in [-0.39, 0.29) is 25.2 Å². The first-order valence-corrected chi connectivity index (χ1v) is 6.76. The molecule has 0 saturated carbocycles. The van der Waals surface area contributed by atoms with Crippen LogP contribution >= 0.6 is 0 Å². The molecule has 0 aliphatic carbocycles. The number of piperidine rings is 1. The summed E-state index contributed by atoms with van der Waals surface area (Å²) in [6.07, 6.45) is 4.53. The van der Waals surface area contributed by atoms with Crippen LogP contribution in [0.1, 0.15) is 12.8 Å². The van der Waals surface area contributed by atoms with E-state index in [0.29, 0.717) is 19.0 Å². The van der Waals surface area contributed by atoms with Gasteiger partial charge in [0, 0.05) is 25.5 Å². The van der Waals surface area contributed by atoms with E-state index in [9.17, 15) is 9.59 Å². The van der Waals surface area contributed by atoms with Crippen molar-refractivity contribution in [2.24, 2.45) is 0 Å². The van der Waals surface area contributed by atoms with Gasteiger partial charge in [0.25, 0.3) is 0 Å². The molecule has 0 bridgehead atoms. The van der Waals surface area contributed by atoms with Gasteiger partial charge in [0.1, 0.15) is 6.61 Å². The van der Waals surface area contributed by atoms with E-state index in [2.05, 4.69) is 15.3 Å². The number of aliphatic carboxylic acids is 1. The Morgan fingerprint density at radius 1 is 1.33 bits per heavy atom. The van der Waals surface area contributed by atoms with Crippen LogP contribution in [0.5, 0.6) is 0 Å². The molecule has 8 heteroatoms. The normalized spacial score (nSPS) is 16.6. The highest BCUT2D eigenvalue weighted by Crippen LogP contribution is 2.13. The summed E-state index contributed by atoms with van der Waals surface area (Å²) >= 11 is 0. The van der Waals surface area contributed by atoms with E-state index < -0.39 is 5.97 Å². The third kappa shape index (κ3) is 5.44. The molecular weight excluding hydrogens is 276 g/mol. The number of carboxylic acid groups (broad SMARTS) is 1. The lowest BCUT2D eigenvalue weighted by molar-refractivity contribution is -0.145. The minimum Gasteiger partial charge on any atom is -0.480 e. The molecule has 0 unspecified atom stereocenters. The molecule has 8 nitrogen and oxygen atoms in total. The van der Waals surface area contributed by atoms with E-state index in [4.69, 9.17) is 9.84 Å². The van der Waals surface area contributed by atoms with Crippen molar-refractivity contribution in [2.75, 3.05) is 31.6 Å². The van der Waals surface area contributed by atoms with Crippen LogP contribution in [0, 0.1) is 0 Å². The highest BCUT2D eigenvalue weighted by molar-refractivity contribution is 5.90. The molecule has 0 aromatic carbocycles. The molecule has 0 atom stereocenters. The molecule has 0 radical (unpaired) electrons. The Bertz CT molecular complexity index is 474. The molecule has 2 heterocycles. The van der Waals surface area contributed by atoms with Gasteiger partial charge in [-0.25, -0.2) is 14.8 Å². The number of nitrogens with zero attached hydrogens (tertiary/aromatic N) is 3. The van der Waals surface area contributed by atoms with Crippen molar-refractivity contribution < 1.29 is 19.4 Å². The van der Waals surface area contributed by atoms with Gasteiger partial charge >= 0.3 is 5.97 Å². The maximum absolute atomic E-state index is 11.8. The highest BCUT2D eigenvalue weighted by Gasteiger charge is 2.22. The van der Waals surface area contributed by atoms with Gasteiger partial charge in [-0.15, -0.1) is 0 Å². The van der Waals surface area contributed by atoms with Gasteiger partial charge in [-0.3, -0.25) is 15.0 Å². The number of anilines is 1. The topological polar surface area (TPSA) is 105 Å². The van der Waals surface area contributed by atoms with Gasteiger partial charge in [0.05, 0.1) is 12.6 Å². The second-order valence-corrected chi connectivity index (χ2v) is 4.80. The quantitative estimate of drug-likeness (QED) is 0.759. The third-order valence-corrected chi connectivity index (χ3v) is 3.16. The van der Waals surface area contributed by atoms with Crippen molar-refractivity contribution in [3.63, 3.8) is 0 Å². The average molecular weight is 294 g/mol. The number of nitrogens with one attached hydrogen (secondary N) is 1. The fourth-order valence-electron chi connectivity index (χ4n) is 2.15. The van der Waals surface area contributed by atoms with Crippen molar-refractivity contribution in [1.29, 1.82) is 0 Å². The first-order valence-electron chi connectivity index (χ1n) is 6.76. The summed E-state index contributed by atoms with van der Waals surface area (Å²) in [5, 5.41) is 11.2. The maximum Gasteiger partial charge on any atom is 0.329 e. The molecule has 1 saturated heterocycles. The number of carbonyl (C=O) groups excluding carboxylic acids is 1. The second kappa shape index (κ2) is 7.65. The van der Waals surface area contributed by atoms with Crippen molar-refractivity contribution in [3.8, 4) is 0 Å². The van der Waals surface area contributed by atoms with Gasteiger partial charge in [0.15, 0.2) is 0 Å². The van der Waals surface area contributed by atoms with Crippen LogP contribution < -0.4 is 5.32 Å². The van der Waals surface area contributed by atoms with Crippen molar-refractivity contribution in [2.45, 2.75) is 18.9 Å². The molecule has 21 heavy (non-hydrogen) atoms. The Morgan fingerprint density at radius 3 is 2.62 bits per heavy atom. The Hall–Kier alpha value is -2.06. The number of hydrogen-bond donors (Lipinski definition) is 2. The number of carboxylic acids is 1. The summed E-state index contributed by atoms with van der Waals surface area (Å²) in [4.78, 5) is 32.1. The fraction of sp³-hybridized carbons (Fsp3) is 0.538. The summed E-state index contributed by atoms with van der Waals surface area (Å²) in [6, 6.07) is 1.68. The number of likely N-dealkylation sites (tertiary alicyclic amines) is 1. The minimum atomic E-state index is -0.959. The van der Waals surface area contributed by atoms with Crippen LogP contribution in [0.25, 0.3) is 0 Å². The van der Waals surface area contributed by atoms with Crippen molar-refractivity contribution in [3.05, 3.63) is 18.5 Å². The average Bonchev–Trinajstić information content (AvgIpc) is 2.47. The van der Waals surface area contributed by atoms with E-state index in [1.54, 1.807) is 18.5 Å². The van der Waals surface area contributed by atoms with Crippen LogP contribution in [0.2, 0.25) is 0 Å². The molecular formula is C13H18N4O4. The molecule has 1 aliphatic rings. The van der Waals surface area contributed by atoms with Gasteiger partial charge in [0.2, 0.25) is 11.9 Å². The van der Waals surface area contributed by atoms with Gasteiger partial charge in [-0.05, 0) is 18.9 Å². The van der Waals surface area contributed by atoms with Gasteiger partial charge in [-0.1, -0.05) is 0 Å². The van der Waals surface area contributed by atoms with Crippen molar-refractivity contribution >= 4 is 17.8 Å². The standard InChI is InChI=1S/C13H18N4O4/c18-11(16-13-14-4-1-5-15-13)8-17-6-2-10(3-7-17)21-9-12(19)20/h1,4-5,10H,2-3,6-9H2,(H,19,20)(H,14,15,16,18). The van der Waals surface area contributed by atoms with Crippen LogP contribution in [-0.2, 0) is 14.3 Å². The molecule has 1 amide bonds. The molecule has 1 aromatic heterocycles. The summed E-state index contributed by atoms with van der Waals surface area (Å²) in [6.45, 7) is 1.40. The number of hydrogen-bond acceptors (Lipinski definition) is 6. The predicted octanol–water partition coefficient (Wildman–Crippen LogP) is -0.0193. The summed E-state index contributed by atoms with van der Waals surface area (Å²) in [5.41, 5.74) is 0. The number of amides is 1. The van der Waals surface area contributed by atoms with Crippen LogP contribution in [-0.4, -0.2) is 64.2 Å². The molecule has 1 aromatic rings. The second-order valence-electron chi connectivity index (χ2n) is 4.80. The summed E-state index contributed by atoms with van der Waals surface area (Å²) in [7, 11) is 0. The Labute approximate surface area is 122 Å². The number of rotatable bonds is 6. The first kappa shape index (κ1) is 15.3. The zero-order valence-electron chi connectivity index (χ0n) is 11.6. The SMILES string of the molecule is O=C(O)COC1CCN(CC(=O)Nc2ncccn2)CC1. The molecule has 0 spiro atoms. The Balaban J connectivity index is 1.68. The zero-order valence-corrected chi connectivity index (χ0v) is 11.6. The van der Waals surface area contributed by atoms with E-state index in [1.165, 1.54) is 0 Å². The lowest BCUT2D eigenvalue weighted by atomic mass is 10.1. The first-order chi connectivity index (χ1) is 10.1. The Morgan fingerprint density at radius 2 is 2.00 bits per heavy atom. The smallest absolute Gasteiger partial charge is 0.329 e. The number of ether oxygens (including phenoxy) is 1. The molecule has 1 aliphatic heterocycles. The minimum absolute atomic E-state index is 0.0436. The largest absolute Gasteiger partial charge is 0.480 e. The lowest BCUT2D eigenvalue weighted by Gasteiger charge is -2.30. The third-order valence-electron chi connectivity index (χ3n) is 3.16. The molecule has 2 rings (SSSR count). The number of carbonyl (C=O) groups is 2. The molecule has 2 N–H and O–H groups in total. The van der Waals surface area contributed by atoms with Crippen LogP contribution in [0.15, 0.2) is 18.5 Å². The van der Waals surface area contributed by atoms with Crippen LogP contribution in [0.4, 0.5) is 5.95 Å². The van der Waals surface area contributed by atoms with Crippen molar-refractivity contribution in [1.82, 2.24) is 14.9 Å². The predicted molar refractivity (Wildman–Crippen MR) is 73.7 cm³/mol. The monoisotopic (exact) mass is 294 g/mol. The van der Waals surface area contributed by atoms with E-state index >= 15 is 0 Å². The molecule has 1 fully saturated rings. The lowest BCUT2D eigenvalue weighted by Crippen LogP contribution is -2.41. The summed E-state index contributed by atoms with van der Waals surface area (Å²) in [5.74, 6) is -0.826. The Kier molecular flexibility index (Phi) is 5.59. The van der Waals surface area contributed by atoms with Crippen LogP contribution in [0.3, 0.4) is 0 Å². The molecule has 114 valence electrons. The zero-order chi connectivity index (χ0) is 15.1. The summed E-state index contributed by atoms with van der Waals surface area (Å²) < 4.78 is 5.25. The fourth-order valence-corrected chi connectivity index (χ4v) is 2.15. The van der Waals surface area contributed by atoms with E-state index in [1.807, 2.05) is 4.90 Å². The van der Waals surface area contributed by atoms with Gasteiger partial charge in [-0.2, -0.15) is 0 Å². The highest BCUT2D eigenvalue weighted by atomic mass is 16.5. The van der Waals surface area contributed by atoms with Gasteiger partial charge < -0.3 is 9.84 Å². The number of aromatic nitrogens is 2. The maximum atomic E-state index is 11.8. The van der Waals surface area contributed by atoms with E-state index in [0.717, 1.165) is 12.8 Å².